The standard InChI is InChI=1S/C15H17N5O3/c1-10-8-11(2)19(18-10)9-15(21)17-16-12(3)13-4-6-14(7-5-13)20(22)23/h4-8H,9H2,1-3H3,(H,17,21)/b16-12+. The fourth-order valence-corrected chi connectivity index (χ4v) is 2.04. The van der Waals surface area contributed by atoms with Gasteiger partial charge in [0.2, 0.25) is 0 Å². The second kappa shape index (κ2) is 6.82. The molecule has 0 spiro atoms. The largest absolute Gasteiger partial charge is 0.271 e. The van der Waals surface area contributed by atoms with E-state index < -0.39 is 4.92 Å². The molecule has 1 aromatic carbocycles. The van der Waals surface area contributed by atoms with Gasteiger partial charge in [-0.1, -0.05) is 0 Å². The normalized spacial score (nSPS) is 11.3. The molecule has 23 heavy (non-hydrogen) atoms. The number of hydrogen-bond acceptors (Lipinski definition) is 5. The van der Waals surface area contributed by atoms with Crippen LogP contribution in [0.2, 0.25) is 0 Å². The third-order valence-corrected chi connectivity index (χ3v) is 3.24. The van der Waals surface area contributed by atoms with E-state index in [1.54, 1.807) is 23.7 Å². The van der Waals surface area contributed by atoms with Crippen molar-refractivity contribution in [2.45, 2.75) is 27.3 Å². The molecule has 2 rings (SSSR count). The van der Waals surface area contributed by atoms with Gasteiger partial charge in [0.25, 0.3) is 11.6 Å². The predicted octanol–water partition coefficient (Wildman–Crippen LogP) is 1.95. The van der Waals surface area contributed by atoms with Gasteiger partial charge in [-0.2, -0.15) is 10.2 Å². The first-order valence-corrected chi connectivity index (χ1v) is 6.96. The molecule has 1 aromatic heterocycles. The number of nitro benzene ring substituents is 1. The summed E-state index contributed by atoms with van der Waals surface area (Å²) in [5.74, 6) is -0.294. The van der Waals surface area contributed by atoms with Crippen LogP contribution >= 0.6 is 0 Å². The van der Waals surface area contributed by atoms with E-state index in [2.05, 4.69) is 15.6 Å². The van der Waals surface area contributed by atoms with Crippen LogP contribution in [0, 0.1) is 24.0 Å². The number of aryl methyl sites for hydroxylation is 2. The molecule has 1 N–H and O–H groups in total. The highest BCUT2D eigenvalue weighted by Gasteiger charge is 2.08. The summed E-state index contributed by atoms with van der Waals surface area (Å²) < 4.78 is 1.60. The quantitative estimate of drug-likeness (QED) is 0.517. The summed E-state index contributed by atoms with van der Waals surface area (Å²) in [6, 6.07) is 7.85. The van der Waals surface area contributed by atoms with Crippen LogP contribution in [-0.4, -0.2) is 26.3 Å². The van der Waals surface area contributed by atoms with E-state index in [0.717, 1.165) is 11.4 Å². The summed E-state index contributed by atoms with van der Waals surface area (Å²) in [6.45, 7) is 5.53. The first kappa shape index (κ1) is 16.3. The zero-order chi connectivity index (χ0) is 17.0. The molecule has 0 saturated heterocycles. The SMILES string of the molecule is C/C(=N\NC(=O)Cn1nc(C)cc1C)c1ccc([N+](=O)[O-])cc1. The topological polar surface area (TPSA) is 102 Å². The maximum absolute atomic E-state index is 11.9. The summed E-state index contributed by atoms with van der Waals surface area (Å²) in [5, 5.41) is 18.8. The molecule has 0 radical (unpaired) electrons. The van der Waals surface area contributed by atoms with Gasteiger partial charge in [0.15, 0.2) is 0 Å². The second-order valence-electron chi connectivity index (χ2n) is 5.12. The maximum atomic E-state index is 11.9. The molecule has 8 heteroatoms. The van der Waals surface area contributed by atoms with Gasteiger partial charge in [-0.15, -0.1) is 0 Å². The second-order valence-corrected chi connectivity index (χ2v) is 5.12. The zero-order valence-corrected chi connectivity index (χ0v) is 13.1. The molecule has 0 saturated carbocycles. The lowest BCUT2D eigenvalue weighted by Gasteiger charge is -2.04. The summed E-state index contributed by atoms with van der Waals surface area (Å²) >= 11 is 0. The van der Waals surface area contributed by atoms with Gasteiger partial charge < -0.3 is 0 Å². The molecule has 0 atom stereocenters. The van der Waals surface area contributed by atoms with E-state index in [0.29, 0.717) is 11.3 Å². The first-order chi connectivity index (χ1) is 10.9. The van der Waals surface area contributed by atoms with Crippen molar-refractivity contribution in [1.82, 2.24) is 15.2 Å². The molecule has 0 fully saturated rings. The fraction of sp³-hybridized carbons (Fsp3) is 0.267. The van der Waals surface area contributed by atoms with Crippen LogP contribution in [-0.2, 0) is 11.3 Å². The molecule has 0 aliphatic rings. The Balaban J connectivity index is 1.99. The molecular formula is C15H17N5O3. The van der Waals surface area contributed by atoms with Gasteiger partial charge in [-0.3, -0.25) is 19.6 Å². The van der Waals surface area contributed by atoms with E-state index in [-0.39, 0.29) is 18.1 Å². The monoisotopic (exact) mass is 315 g/mol. The van der Waals surface area contributed by atoms with Gasteiger partial charge in [-0.25, -0.2) is 5.43 Å². The van der Waals surface area contributed by atoms with Gasteiger partial charge in [0, 0.05) is 17.8 Å². The van der Waals surface area contributed by atoms with Gasteiger partial charge in [0.05, 0.1) is 16.3 Å². The minimum absolute atomic E-state index is 0.00936. The lowest BCUT2D eigenvalue weighted by atomic mass is 10.1. The average molecular weight is 315 g/mol. The molecule has 8 nitrogen and oxygen atoms in total. The van der Waals surface area contributed by atoms with Crippen LogP contribution < -0.4 is 5.43 Å². The van der Waals surface area contributed by atoms with Gasteiger partial charge in [0.1, 0.15) is 6.54 Å². The minimum Gasteiger partial charge on any atom is -0.271 e. The number of aromatic nitrogens is 2. The molecule has 0 unspecified atom stereocenters. The molecule has 0 aliphatic carbocycles. The van der Waals surface area contributed by atoms with Crippen LogP contribution in [0.15, 0.2) is 35.4 Å². The number of carbonyl (C=O) groups is 1. The summed E-state index contributed by atoms with van der Waals surface area (Å²) in [4.78, 5) is 22.0. The number of amides is 1. The Bertz CT molecular complexity index is 762. The van der Waals surface area contributed by atoms with Crippen LogP contribution in [0.4, 0.5) is 5.69 Å². The Morgan fingerprint density at radius 3 is 2.52 bits per heavy atom. The van der Waals surface area contributed by atoms with E-state index >= 15 is 0 Å². The number of hydrogen-bond donors (Lipinski definition) is 1. The van der Waals surface area contributed by atoms with Crippen molar-refractivity contribution < 1.29 is 9.72 Å². The highest BCUT2D eigenvalue weighted by Crippen LogP contribution is 2.12. The Hall–Kier alpha value is -3.03. The van der Waals surface area contributed by atoms with E-state index in [4.69, 9.17) is 0 Å². The molecule has 1 amide bonds. The Morgan fingerprint density at radius 2 is 2.00 bits per heavy atom. The van der Waals surface area contributed by atoms with Crippen molar-refractivity contribution in [1.29, 1.82) is 0 Å². The average Bonchev–Trinajstić information content (AvgIpc) is 2.82. The number of nitrogens with zero attached hydrogens (tertiary/aromatic N) is 4. The number of rotatable bonds is 5. The first-order valence-electron chi connectivity index (χ1n) is 6.96. The summed E-state index contributed by atoms with van der Waals surface area (Å²) in [7, 11) is 0. The summed E-state index contributed by atoms with van der Waals surface area (Å²) in [5.41, 5.74) is 5.47. The third kappa shape index (κ3) is 4.22. The van der Waals surface area contributed by atoms with Crippen molar-refractivity contribution in [3.05, 3.63) is 57.4 Å². The van der Waals surface area contributed by atoms with Gasteiger partial charge >= 0.3 is 0 Å². The number of carbonyl (C=O) groups excluding carboxylic acids is 1. The number of nitrogens with one attached hydrogen (secondary N) is 1. The van der Waals surface area contributed by atoms with Crippen molar-refractivity contribution in [3.8, 4) is 0 Å². The van der Waals surface area contributed by atoms with Crippen LogP contribution in [0.25, 0.3) is 0 Å². The van der Waals surface area contributed by atoms with E-state index in [1.807, 2.05) is 19.9 Å². The highest BCUT2D eigenvalue weighted by atomic mass is 16.6. The lowest BCUT2D eigenvalue weighted by Crippen LogP contribution is -2.25. The molecule has 2 aromatic rings. The highest BCUT2D eigenvalue weighted by molar-refractivity contribution is 5.99. The number of hydrazone groups is 1. The van der Waals surface area contributed by atoms with Crippen LogP contribution in [0.3, 0.4) is 0 Å². The fourth-order valence-electron chi connectivity index (χ4n) is 2.04. The van der Waals surface area contributed by atoms with Crippen LogP contribution in [0.1, 0.15) is 23.9 Å². The van der Waals surface area contributed by atoms with E-state index in [1.165, 1.54) is 12.1 Å². The third-order valence-electron chi connectivity index (χ3n) is 3.24. The molecule has 0 bridgehead atoms. The molecule has 120 valence electrons. The molecular weight excluding hydrogens is 298 g/mol. The lowest BCUT2D eigenvalue weighted by molar-refractivity contribution is -0.384. The number of benzene rings is 1. The molecule has 1 heterocycles. The maximum Gasteiger partial charge on any atom is 0.269 e. The van der Waals surface area contributed by atoms with Crippen molar-refractivity contribution in [2.75, 3.05) is 0 Å². The Kier molecular flexibility index (Phi) is 4.85. The Morgan fingerprint density at radius 1 is 1.35 bits per heavy atom. The zero-order valence-electron chi connectivity index (χ0n) is 13.1. The number of nitro groups is 1. The summed E-state index contributed by atoms with van der Waals surface area (Å²) in [6.07, 6.45) is 0. The minimum atomic E-state index is -0.466. The van der Waals surface area contributed by atoms with Crippen LogP contribution in [0.5, 0.6) is 0 Å². The van der Waals surface area contributed by atoms with Crippen molar-refractivity contribution >= 4 is 17.3 Å². The predicted molar refractivity (Wildman–Crippen MR) is 85.2 cm³/mol. The molecule has 0 aliphatic heterocycles. The Labute approximate surface area is 133 Å². The van der Waals surface area contributed by atoms with E-state index in [9.17, 15) is 14.9 Å². The van der Waals surface area contributed by atoms with Crippen molar-refractivity contribution in [3.63, 3.8) is 0 Å². The van der Waals surface area contributed by atoms with Gasteiger partial charge in [-0.05, 0) is 44.5 Å². The van der Waals surface area contributed by atoms with Crippen molar-refractivity contribution in [2.24, 2.45) is 5.10 Å². The smallest absolute Gasteiger partial charge is 0.269 e. The number of non-ortho nitro benzene ring substituents is 1.